The van der Waals surface area contributed by atoms with Crippen molar-refractivity contribution in [1.29, 1.82) is 0 Å². The minimum absolute atomic E-state index is 0.777. The molecule has 0 aliphatic heterocycles. The fraction of sp³-hybridized carbons (Fsp3) is 0.625. The van der Waals surface area contributed by atoms with Crippen molar-refractivity contribution in [3.8, 4) is 0 Å². The van der Waals surface area contributed by atoms with E-state index in [1.165, 1.54) is 5.69 Å². The third-order valence-electron chi connectivity index (χ3n) is 1.83. The molecule has 2 N–H and O–H groups in total. The molecule has 0 fully saturated rings. The molecule has 1 aromatic heterocycles. The van der Waals surface area contributed by atoms with E-state index in [4.69, 9.17) is 5.73 Å². The Bertz CT molecular complexity index is 244. The summed E-state index contributed by atoms with van der Waals surface area (Å²) in [6, 6.07) is 2.05. The Kier molecular flexibility index (Phi) is 3.75. The smallest absolute Gasteiger partial charge is 0.128 e. The maximum Gasteiger partial charge on any atom is 0.128 e. The predicted molar refractivity (Wildman–Crippen MR) is 52.9 cm³/mol. The van der Waals surface area contributed by atoms with E-state index in [1.807, 2.05) is 11.7 Å². The first-order valence-corrected chi connectivity index (χ1v) is 4.92. The lowest BCUT2D eigenvalue weighted by Crippen LogP contribution is -2.02. The van der Waals surface area contributed by atoms with E-state index in [-0.39, 0.29) is 0 Å². The number of aromatic nitrogens is 2. The van der Waals surface area contributed by atoms with Crippen molar-refractivity contribution in [3.05, 3.63) is 16.4 Å². The normalized spacial score (nSPS) is 10.6. The summed E-state index contributed by atoms with van der Waals surface area (Å²) >= 11 is 3.34. The summed E-state index contributed by atoms with van der Waals surface area (Å²) in [5.74, 6) is 0. The molecule has 0 unspecified atom stereocenters. The summed E-state index contributed by atoms with van der Waals surface area (Å²) in [4.78, 5) is 0. The Labute approximate surface area is 81.1 Å². The molecule has 0 spiro atoms. The molecular weight excluding hydrogens is 218 g/mol. The molecule has 0 aromatic carbocycles. The number of unbranched alkanes of at least 4 members (excludes halogenated alkanes) is 1. The Hall–Kier alpha value is -0.350. The fourth-order valence-corrected chi connectivity index (χ4v) is 1.65. The molecule has 4 heteroatoms. The second kappa shape index (κ2) is 4.62. The van der Waals surface area contributed by atoms with Gasteiger partial charge in [0.05, 0.1) is 0 Å². The molecule has 12 heavy (non-hydrogen) atoms. The predicted octanol–water partition coefficient (Wildman–Crippen LogP) is 1.46. The molecule has 0 atom stereocenters. The molecule has 0 saturated carbocycles. The zero-order valence-electron chi connectivity index (χ0n) is 7.26. The highest BCUT2D eigenvalue weighted by Gasteiger charge is 2.01. The highest BCUT2D eigenvalue weighted by atomic mass is 79.9. The van der Waals surface area contributed by atoms with Crippen LogP contribution in [0.4, 0.5) is 0 Å². The summed E-state index contributed by atoms with van der Waals surface area (Å²) in [5.41, 5.74) is 6.66. The lowest BCUT2D eigenvalue weighted by Gasteiger charge is -1.99. The number of hydrogen-bond donors (Lipinski definition) is 1. The van der Waals surface area contributed by atoms with Gasteiger partial charge in [-0.2, -0.15) is 5.10 Å². The molecule has 1 rings (SSSR count). The summed E-state index contributed by atoms with van der Waals surface area (Å²) in [6.07, 6.45) is 3.29. The highest BCUT2D eigenvalue weighted by molar-refractivity contribution is 9.10. The van der Waals surface area contributed by atoms with Crippen LogP contribution < -0.4 is 5.73 Å². The second-order valence-corrected chi connectivity index (χ2v) is 3.64. The van der Waals surface area contributed by atoms with Crippen molar-refractivity contribution < 1.29 is 0 Å². The zero-order valence-corrected chi connectivity index (χ0v) is 8.84. The number of nitrogens with zero attached hydrogens (tertiary/aromatic N) is 2. The van der Waals surface area contributed by atoms with Crippen molar-refractivity contribution in [2.24, 2.45) is 12.8 Å². The van der Waals surface area contributed by atoms with Crippen LogP contribution in [-0.4, -0.2) is 16.3 Å². The molecule has 1 heterocycles. The number of rotatable bonds is 4. The van der Waals surface area contributed by atoms with E-state index in [0.29, 0.717) is 0 Å². The number of hydrogen-bond acceptors (Lipinski definition) is 2. The average Bonchev–Trinajstić information content (AvgIpc) is 2.31. The molecule has 0 bridgehead atoms. The number of aryl methyl sites for hydroxylation is 2. The summed E-state index contributed by atoms with van der Waals surface area (Å²) in [6.45, 7) is 0.777. The van der Waals surface area contributed by atoms with Gasteiger partial charge in [-0.15, -0.1) is 0 Å². The van der Waals surface area contributed by atoms with Crippen molar-refractivity contribution >= 4 is 15.9 Å². The van der Waals surface area contributed by atoms with E-state index in [0.717, 1.165) is 30.4 Å². The standard InChI is InChI=1S/C8H14BrN3/c1-12-7(4-2-3-5-10)6-8(9)11-12/h6H,2-5,10H2,1H3. The molecule has 0 saturated heterocycles. The Morgan fingerprint density at radius 2 is 2.33 bits per heavy atom. The molecule has 0 amide bonds. The first-order chi connectivity index (χ1) is 5.74. The zero-order chi connectivity index (χ0) is 8.97. The van der Waals surface area contributed by atoms with Crippen molar-refractivity contribution in [1.82, 2.24) is 9.78 Å². The van der Waals surface area contributed by atoms with E-state index in [9.17, 15) is 0 Å². The van der Waals surface area contributed by atoms with Crippen LogP contribution in [0.25, 0.3) is 0 Å². The van der Waals surface area contributed by atoms with Crippen LogP contribution in [0.3, 0.4) is 0 Å². The summed E-state index contributed by atoms with van der Waals surface area (Å²) in [7, 11) is 1.96. The Morgan fingerprint density at radius 3 is 2.83 bits per heavy atom. The van der Waals surface area contributed by atoms with Gasteiger partial charge in [-0.3, -0.25) is 4.68 Å². The van der Waals surface area contributed by atoms with Crippen LogP contribution in [0.2, 0.25) is 0 Å². The van der Waals surface area contributed by atoms with Crippen LogP contribution in [0.5, 0.6) is 0 Å². The van der Waals surface area contributed by atoms with Gasteiger partial charge >= 0.3 is 0 Å². The first kappa shape index (κ1) is 9.74. The van der Waals surface area contributed by atoms with Gasteiger partial charge in [-0.25, -0.2) is 0 Å². The highest BCUT2D eigenvalue weighted by Crippen LogP contribution is 2.11. The van der Waals surface area contributed by atoms with Gasteiger partial charge < -0.3 is 5.73 Å². The Morgan fingerprint density at radius 1 is 1.58 bits per heavy atom. The molecule has 0 radical (unpaired) electrons. The van der Waals surface area contributed by atoms with Gasteiger partial charge in [0.2, 0.25) is 0 Å². The molecule has 68 valence electrons. The van der Waals surface area contributed by atoms with Crippen LogP contribution in [0, 0.1) is 0 Å². The summed E-state index contributed by atoms with van der Waals surface area (Å²) < 4.78 is 2.81. The van der Waals surface area contributed by atoms with Gasteiger partial charge in [-0.05, 0) is 47.8 Å². The second-order valence-electron chi connectivity index (χ2n) is 2.83. The van der Waals surface area contributed by atoms with Crippen LogP contribution in [-0.2, 0) is 13.5 Å². The topological polar surface area (TPSA) is 43.8 Å². The monoisotopic (exact) mass is 231 g/mol. The minimum atomic E-state index is 0.777. The van der Waals surface area contributed by atoms with Gasteiger partial charge in [0.25, 0.3) is 0 Å². The number of halogens is 1. The van der Waals surface area contributed by atoms with E-state index < -0.39 is 0 Å². The SMILES string of the molecule is Cn1nc(Br)cc1CCCCN. The molecule has 1 aromatic rings. The van der Waals surface area contributed by atoms with Gasteiger partial charge in [0, 0.05) is 12.7 Å². The largest absolute Gasteiger partial charge is 0.330 e. The lowest BCUT2D eigenvalue weighted by molar-refractivity contribution is 0.662. The molecular formula is C8H14BrN3. The van der Waals surface area contributed by atoms with Crippen LogP contribution in [0.15, 0.2) is 10.7 Å². The van der Waals surface area contributed by atoms with Crippen molar-refractivity contribution in [2.75, 3.05) is 6.54 Å². The first-order valence-electron chi connectivity index (χ1n) is 4.12. The maximum absolute atomic E-state index is 5.40. The maximum atomic E-state index is 5.40. The van der Waals surface area contributed by atoms with Crippen LogP contribution in [0.1, 0.15) is 18.5 Å². The van der Waals surface area contributed by atoms with Gasteiger partial charge in [0.15, 0.2) is 0 Å². The average molecular weight is 232 g/mol. The van der Waals surface area contributed by atoms with Crippen molar-refractivity contribution in [3.63, 3.8) is 0 Å². The fourth-order valence-electron chi connectivity index (χ4n) is 1.15. The van der Waals surface area contributed by atoms with Crippen LogP contribution >= 0.6 is 15.9 Å². The van der Waals surface area contributed by atoms with E-state index >= 15 is 0 Å². The third kappa shape index (κ3) is 2.60. The summed E-state index contributed by atoms with van der Waals surface area (Å²) in [5, 5.41) is 4.19. The molecule has 0 aliphatic carbocycles. The Balaban J connectivity index is 2.45. The van der Waals surface area contributed by atoms with E-state index in [1.54, 1.807) is 0 Å². The van der Waals surface area contributed by atoms with Gasteiger partial charge in [-0.1, -0.05) is 0 Å². The van der Waals surface area contributed by atoms with Crippen molar-refractivity contribution in [2.45, 2.75) is 19.3 Å². The van der Waals surface area contributed by atoms with E-state index in [2.05, 4.69) is 27.1 Å². The molecule has 0 aliphatic rings. The number of nitrogens with two attached hydrogens (primary N) is 1. The lowest BCUT2D eigenvalue weighted by atomic mass is 10.2. The third-order valence-corrected chi connectivity index (χ3v) is 2.22. The quantitative estimate of drug-likeness (QED) is 0.798. The molecule has 3 nitrogen and oxygen atoms in total. The minimum Gasteiger partial charge on any atom is -0.330 e. The van der Waals surface area contributed by atoms with Gasteiger partial charge in [0.1, 0.15) is 4.60 Å².